The van der Waals surface area contributed by atoms with Gasteiger partial charge in [-0.15, -0.1) is 0 Å². The van der Waals surface area contributed by atoms with Crippen molar-refractivity contribution in [3.8, 4) is 5.75 Å². The Kier molecular flexibility index (Phi) is 3.85. The van der Waals surface area contributed by atoms with E-state index in [0.29, 0.717) is 17.7 Å². The second kappa shape index (κ2) is 5.40. The molecule has 2 aromatic rings. The summed E-state index contributed by atoms with van der Waals surface area (Å²) in [5.74, 6) is -3.08. The first-order valence-electron chi connectivity index (χ1n) is 5.33. The Morgan fingerprint density at radius 1 is 1.05 bits per heavy atom. The molecule has 0 aromatic heterocycles. The number of halogens is 4. The summed E-state index contributed by atoms with van der Waals surface area (Å²) >= 11 is 5.70. The standard InChI is InChI=1S/C13H9ClF3NO/c14-9-3-7(1-2-12(9)19)6-18-13-10(16)4-8(15)5-11(13)17/h1-5,18-19H,6H2. The first-order chi connectivity index (χ1) is 8.97. The van der Waals surface area contributed by atoms with Gasteiger partial charge in [0.25, 0.3) is 0 Å². The minimum atomic E-state index is -1.01. The fourth-order valence-electron chi connectivity index (χ4n) is 1.56. The van der Waals surface area contributed by atoms with Crippen LogP contribution < -0.4 is 5.32 Å². The molecular formula is C13H9ClF3NO. The van der Waals surface area contributed by atoms with Crippen molar-refractivity contribution in [3.63, 3.8) is 0 Å². The normalized spacial score (nSPS) is 10.5. The Hall–Kier alpha value is -1.88. The van der Waals surface area contributed by atoms with Crippen LogP contribution >= 0.6 is 11.6 Å². The quantitative estimate of drug-likeness (QED) is 0.892. The molecule has 2 nitrogen and oxygen atoms in total. The van der Waals surface area contributed by atoms with E-state index in [1.54, 1.807) is 6.07 Å². The third kappa shape index (κ3) is 3.12. The lowest BCUT2D eigenvalue weighted by molar-refractivity contribution is 0.475. The van der Waals surface area contributed by atoms with Gasteiger partial charge in [0.15, 0.2) is 11.6 Å². The van der Waals surface area contributed by atoms with Gasteiger partial charge in [-0.05, 0) is 17.7 Å². The Labute approximate surface area is 112 Å². The molecule has 0 unspecified atom stereocenters. The van der Waals surface area contributed by atoms with Crippen molar-refractivity contribution in [1.29, 1.82) is 0 Å². The number of hydrogen-bond donors (Lipinski definition) is 2. The monoisotopic (exact) mass is 287 g/mol. The zero-order chi connectivity index (χ0) is 14.0. The lowest BCUT2D eigenvalue weighted by Gasteiger charge is -2.09. The van der Waals surface area contributed by atoms with E-state index in [1.165, 1.54) is 12.1 Å². The minimum absolute atomic E-state index is 0.0791. The molecule has 2 rings (SSSR count). The van der Waals surface area contributed by atoms with Gasteiger partial charge in [-0.3, -0.25) is 0 Å². The summed E-state index contributed by atoms with van der Waals surface area (Å²) in [4.78, 5) is 0. The molecule has 0 saturated heterocycles. The summed E-state index contributed by atoms with van der Waals surface area (Å²) in [7, 11) is 0. The number of benzene rings is 2. The number of phenolic OH excluding ortho intramolecular Hbond substituents is 1. The molecule has 0 saturated carbocycles. The molecule has 0 aliphatic rings. The van der Waals surface area contributed by atoms with Crippen molar-refractivity contribution in [1.82, 2.24) is 0 Å². The van der Waals surface area contributed by atoms with Crippen LogP contribution in [0.15, 0.2) is 30.3 Å². The highest BCUT2D eigenvalue weighted by Crippen LogP contribution is 2.25. The van der Waals surface area contributed by atoms with Crippen LogP contribution in [0.1, 0.15) is 5.56 Å². The van der Waals surface area contributed by atoms with Crippen LogP contribution in [-0.2, 0) is 6.54 Å². The molecule has 0 spiro atoms. The summed E-state index contributed by atoms with van der Waals surface area (Å²) in [6.07, 6.45) is 0. The molecular weight excluding hydrogens is 279 g/mol. The van der Waals surface area contributed by atoms with Gasteiger partial charge in [-0.25, -0.2) is 13.2 Å². The first-order valence-corrected chi connectivity index (χ1v) is 5.71. The SMILES string of the molecule is Oc1ccc(CNc2c(F)cc(F)cc2F)cc1Cl. The molecule has 0 fully saturated rings. The third-order valence-corrected chi connectivity index (χ3v) is 2.79. The van der Waals surface area contributed by atoms with Crippen molar-refractivity contribution in [3.05, 3.63) is 58.4 Å². The van der Waals surface area contributed by atoms with Gasteiger partial charge in [-0.2, -0.15) is 0 Å². The molecule has 2 N–H and O–H groups in total. The smallest absolute Gasteiger partial charge is 0.152 e. The van der Waals surface area contributed by atoms with Crippen molar-refractivity contribution < 1.29 is 18.3 Å². The lowest BCUT2D eigenvalue weighted by Crippen LogP contribution is -2.04. The van der Waals surface area contributed by atoms with Gasteiger partial charge in [0.2, 0.25) is 0 Å². The zero-order valence-electron chi connectivity index (χ0n) is 9.55. The highest BCUT2D eigenvalue weighted by molar-refractivity contribution is 6.32. The average molecular weight is 288 g/mol. The van der Waals surface area contributed by atoms with Crippen LogP contribution in [0.4, 0.5) is 18.9 Å². The van der Waals surface area contributed by atoms with Gasteiger partial charge >= 0.3 is 0 Å². The average Bonchev–Trinajstić information content (AvgIpc) is 2.32. The molecule has 0 heterocycles. The van der Waals surface area contributed by atoms with Crippen molar-refractivity contribution in [2.24, 2.45) is 0 Å². The predicted octanol–water partition coefficient (Wildman–Crippen LogP) is 4.08. The number of rotatable bonds is 3. The minimum Gasteiger partial charge on any atom is -0.506 e. The maximum Gasteiger partial charge on any atom is 0.152 e. The molecule has 0 aliphatic heterocycles. The Balaban J connectivity index is 2.16. The van der Waals surface area contributed by atoms with E-state index in [1.807, 2.05) is 0 Å². The van der Waals surface area contributed by atoms with Gasteiger partial charge in [-0.1, -0.05) is 17.7 Å². The van der Waals surface area contributed by atoms with Gasteiger partial charge < -0.3 is 10.4 Å². The second-order valence-electron chi connectivity index (χ2n) is 3.88. The van der Waals surface area contributed by atoms with Crippen LogP contribution in [0, 0.1) is 17.5 Å². The topological polar surface area (TPSA) is 32.3 Å². The summed E-state index contributed by atoms with van der Waals surface area (Å²) in [5.41, 5.74) is 0.205. The molecule has 0 aliphatic carbocycles. The van der Waals surface area contributed by atoms with E-state index in [0.717, 1.165) is 0 Å². The van der Waals surface area contributed by atoms with E-state index in [9.17, 15) is 18.3 Å². The van der Waals surface area contributed by atoms with Crippen LogP contribution in [0.3, 0.4) is 0 Å². The van der Waals surface area contributed by atoms with Crippen LogP contribution in [0.25, 0.3) is 0 Å². The number of hydrogen-bond acceptors (Lipinski definition) is 2. The maximum atomic E-state index is 13.3. The summed E-state index contributed by atoms with van der Waals surface area (Å²) < 4.78 is 39.4. The van der Waals surface area contributed by atoms with Crippen LogP contribution in [0.2, 0.25) is 5.02 Å². The van der Waals surface area contributed by atoms with Crippen molar-refractivity contribution in [2.45, 2.75) is 6.54 Å². The molecule has 2 aromatic carbocycles. The number of nitrogens with one attached hydrogen (secondary N) is 1. The summed E-state index contributed by atoms with van der Waals surface area (Å²) in [6, 6.07) is 5.57. The Morgan fingerprint density at radius 2 is 1.68 bits per heavy atom. The molecule has 0 radical (unpaired) electrons. The van der Waals surface area contributed by atoms with Gasteiger partial charge in [0.1, 0.15) is 17.3 Å². The number of aromatic hydroxyl groups is 1. The molecule has 100 valence electrons. The Bertz CT molecular complexity index is 596. The van der Waals surface area contributed by atoms with Crippen molar-refractivity contribution in [2.75, 3.05) is 5.32 Å². The second-order valence-corrected chi connectivity index (χ2v) is 4.29. The van der Waals surface area contributed by atoms with Crippen molar-refractivity contribution >= 4 is 17.3 Å². The number of anilines is 1. The van der Waals surface area contributed by atoms with Crippen LogP contribution in [0.5, 0.6) is 5.75 Å². The fourth-order valence-corrected chi connectivity index (χ4v) is 1.77. The summed E-state index contributed by atoms with van der Waals surface area (Å²) in [6.45, 7) is 0.0828. The van der Waals surface area contributed by atoms with E-state index in [4.69, 9.17) is 11.6 Å². The number of phenols is 1. The highest BCUT2D eigenvalue weighted by Gasteiger charge is 2.11. The van der Waals surface area contributed by atoms with Gasteiger partial charge in [0, 0.05) is 18.7 Å². The molecule has 6 heteroatoms. The third-order valence-electron chi connectivity index (χ3n) is 2.49. The predicted molar refractivity (Wildman–Crippen MR) is 66.8 cm³/mol. The van der Waals surface area contributed by atoms with Crippen LogP contribution in [-0.4, -0.2) is 5.11 Å². The largest absolute Gasteiger partial charge is 0.506 e. The van der Waals surface area contributed by atoms with Gasteiger partial charge in [0.05, 0.1) is 5.02 Å². The van der Waals surface area contributed by atoms with E-state index < -0.39 is 23.1 Å². The molecule has 0 amide bonds. The molecule has 0 bridgehead atoms. The molecule has 19 heavy (non-hydrogen) atoms. The lowest BCUT2D eigenvalue weighted by atomic mass is 10.2. The van der Waals surface area contributed by atoms with E-state index in [2.05, 4.69) is 5.32 Å². The Morgan fingerprint density at radius 3 is 2.26 bits per heavy atom. The molecule has 0 atom stereocenters. The van der Waals surface area contributed by atoms with E-state index in [-0.39, 0.29) is 17.3 Å². The fraction of sp³-hybridized carbons (Fsp3) is 0.0769. The summed E-state index contributed by atoms with van der Waals surface area (Å²) in [5, 5.41) is 11.9. The first kappa shape index (κ1) is 13.5. The maximum absolute atomic E-state index is 13.3. The highest BCUT2D eigenvalue weighted by atomic mass is 35.5. The van der Waals surface area contributed by atoms with E-state index >= 15 is 0 Å². The zero-order valence-corrected chi connectivity index (χ0v) is 10.3.